The highest BCUT2D eigenvalue weighted by atomic mass is 15.0. The molecule has 15 heavy (non-hydrogen) atoms. The molecule has 0 unspecified atom stereocenters. The number of nitrogens with one attached hydrogen (secondary N) is 1. The Morgan fingerprint density at radius 2 is 2.00 bits per heavy atom. The zero-order valence-corrected chi connectivity index (χ0v) is 9.32. The third-order valence-electron chi connectivity index (χ3n) is 3.33. The number of rotatable bonds is 3. The molecule has 1 aliphatic carbocycles. The van der Waals surface area contributed by atoms with Crippen LogP contribution in [0.5, 0.6) is 0 Å². The summed E-state index contributed by atoms with van der Waals surface area (Å²) in [7, 11) is 0. The highest BCUT2D eigenvalue weighted by molar-refractivity contribution is 5.18. The number of nitrogens with two attached hydrogens (primary N) is 1. The van der Waals surface area contributed by atoms with Gasteiger partial charge in [-0.25, -0.2) is 0 Å². The Balaban J connectivity index is 1.95. The van der Waals surface area contributed by atoms with Gasteiger partial charge in [0.05, 0.1) is 0 Å². The van der Waals surface area contributed by atoms with Gasteiger partial charge in [0.1, 0.15) is 0 Å². The average molecular weight is 204 g/mol. The Labute approximate surface area is 91.9 Å². The summed E-state index contributed by atoms with van der Waals surface area (Å²) in [6.45, 7) is 2.21. The molecule has 0 radical (unpaired) electrons. The molecular weight excluding hydrogens is 184 g/mol. The van der Waals surface area contributed by atoms with Gasteiger partial charge in [-0.2, -0.15) is 0 Å². The smallest absolute Gasteiger partial charge is 0.0294 e. The predicted molar refractivity (Wildman–Crippen MR) is 63.6 cm³/mol. The van der Waals surface area contributed by atoms with Crippen LogP contribution in [0.4, 0.5) is 0 Å². The fraction of sp³-hybridized carbons (Fsp3) is 0.538. The van der Waals surface area contributed by atoms with Gasteiger partial charge < -0.3 is 11.1 Å². The Hall–Kier alpha value is -0.860. The lowest BCUT2D eigenvalue weighted by atomic mass is 10.1. The van der Waals surface area contributed by atoms with Gasteiger partial charge in [0.15, 0.2) is 0 Å². The van der Waals surface area contributed by atoms with Crippen LogP contribution in [-0.4, -0.2) is 12.1 Å². The van der Waals surface area contributed by atoms with Crippen LogP contribution in [0.25, 0.3) is 0 Å². The number of hydrogen-bond donors (Lipinski definition) is 2. The lowest BCUT2D eigenvalue weighted by Crippen LogP contribution is -2.41. The highest BCUT2D eigenvalue weighted by Gasteiger charge is 2.24. The van der Waals surface area contributed by atoms with E-state index in [1.54, 1.807) is 0 Å². The molecule has 0 bridgehead atoms. The quantitative estimate of drug-likeness (QED) is 0.792. The van der Waals surface area contributed by atoms with Gasteiger partial charge in [0.2, 0.25) is 0 Å². The normalized spacial score (nSPS) is 27.9. The van der Waals surface area contributed by atoms with E-state index < -0.39 is 0 Å². The summed E-state index contributed by atoms with van der Waals surface area (Å²) in [5.41, 5.74) is 7.39. The van der Waals surface area contributed by atoms with Crippen molar-refractivity contribution >= 4 is 0 Å². The molecule has 82 valence electrons. The van der Waals surface area contributed by atoms with E-state index in [0.717, 1.165) is 0 Å². The fourth-order valence-electron chi connectivity index (χ4n) is 2.35. The summed E-state index contributed by atoms with van der Waals surface area (Å²) in [6.07, 6.45) is 3.65. The second kappa shape index (κ2) is 4.77. The van der Waals surface area contributed by atoms with E-state index in [0.29, 0.717) is 18.1 Å². The van der Waals surface area contributed by atoms with Crippen LogP contribution >= 0.6 is 0 Å². The van der Waals surface area contributed by atoms with Crippen LogP contribution < -0.4 is 11.1 Å². The van der Waals surface area contributed by atoms with Crippen molar-refractivity contribution in [2.24, 2.45) is 5.73 Å². The molecule has 1 saturated carbocycles. The molecule has 0 amide bonds. The summed E-state index contributed by atoms with van der Waals surface area (Å²) >= 11 is 0. The van der Waals surface area contributed by atoms with E-state index in [-0.39, 0.29) is 0 Å². The molecule has 3 N–H and O–H groups in total. The van der Waals surface area contributed by atoms with Crippen molar-refractivity contribution in [3.63, 3.8) is 0 Å². The van der Waals surface area contributed by atoms with Crippen LogP contribution in [-0.2, 0) is 0 Å². The first-order valence-corrected chi connectivity index (χ1v) is 5.84. The molecule has 0 aromatic heterocycles. The van der Waals surface area contributed by atoms with Crippen LogP contribution in [0.2, 0.25) is 0 Å². The molecular formula is C13H20N2. The molecule has 1 aromatic carbocycles. The van der Waals surface area contributed by atoms with Crippen molar-refractivity contribution in [1.29, 1.82) is 0 Å². The van der Waals surface area contributed by atoms with Crippen molar-refractivity contribution in [1.82, 2.24) is 5.32 Å². The summed E-state index contributed by atoms with van der Waals surface area (Å²) in [5.74, 6) is 0. The van der Waals surface area contributed by atoms with E-state index in [1.165, 1.54) is 24.8 Å². The minimum Gasteiger partial charge on any atom is -0.326 e. The first-order valence-electron chi connectivity index (χ1n) is 5.84. The molecule has 0 saturated heterocycles. The van der Waals surface area contributed by atoms with E-state index in [1.807, 2.05) is 0 Å². The van der Waals surface area contributed by atoms with Crippen LogP contribution in [0.1, 0.15) is 37.8 Å². The van der Waals surface area contributed by atoms with Gasteiger partial charge in [0.25, 0.3) is 0 Å². The summed E-state index contributed by atoms with van der Waals surface area (Å²) in [5, 5.41) is 3.62. The van der Waals surface area contributed by atoms with E-state index >= 15 is 0 Å². The van der Waals surface area contributed by atoms with Gasteiger partial charge in [-0.05, 0) is 25.3 Å². The molecule has 1 fully saturated rings. The molecule has 2 nitrogen and oxygen atoms in total. The standard InChI is InChI=1S/C13H20N2/c1-10(11-6-3-2-4-7-11)15-13-9-5-8-12(13)14/h2-4,6-7,10,12-13,15H,5,8-9,14H2,1H3/t10-,12-,13-/m0/s1. The molecule has 2 rings (SSSR count). The summed E-state index contributed by atoms with van der Waals surface area (Å²) < 4.78 is 0. The Morgan fingerprint density at radius 3 is 2.60 bits per heavy atom. The van der Waals surface area contributed by atoms with Crippen molar-refractivity contribution in [2.45, 2.75) is 44.3 Å². The SMILES string of the molecule is C[C@H](N[C@H]1CCC[C@@H]1N)c1ccccc1. The summed E-state index contributed by atoms with van der Waals surface area (Å²) in [4.78, 5) is 0. The molecule has 0 aliphatic heterocycles. The van der Waals surface area contributed by atoms with Crippen LogP contribution in [0.15, 0.2) is 30.3 Å². The number of hydrogen-bond acceptors (Lipinski definition) is 2. The molecule has 1 aliphatic rings. The Morgan fingerprint density at radius 1 is 1.27 bits per heavy atom. The maximum absolute atomic E-state index is 6.04. The van der Waals surface area contributed by atoms with Crippen molar-refractivity contribution in [3.05, 3.63) is 35.9 Å². The second-order valence-corrected chi connectivity index (χ2v) is 4.50. The molecule has 3 atom stereocenters. The van der Waals surface area contributed by atoms with Crippen molar-refractivity contribution in [2.75, 3.05) is 0 Å². The Bertz CT molecular complexity index is 297. The zero-order valence-electron chi connectivity index (χ0n) is 9.32. The molecule has 2 heteroatoms. The predicted octanol–water partition coefficient (Wildman–Crippen LogP) is 2.22. The first-order chi connectivity index (χ1) is 7.27. The fourth-order valence-corrected chi connectivity index (χ4v) is 2.35. The first kappa shape index (κ1) is 10.7. The zero-order chi connectivity index (χ0) is 10.7. The van der Waals surface area contributed by atoms with E-state index in [4.69, 9.17) is 5.73 Å². The van der Waals surface area contributed by atoms with Crippen molar-refractivity contribution in [3.8, 4) is 0 Å². The van der Waals surface area contributed by atoms with Crippen molar-refractivity contribution < 1.29 is 0 Å². The number of benzene rings is 1. The maximum atomic E-state index is 6.04. The lowest BCUT2D eigenvalue weighted by Gasteiger charge is -2.22. The third-order valence-corrected chi connectivity index (χ3v) is 3.33. The van der Waals surface area contributed by atoms with Gasteiger partial charge in [0, 0.05) is 18.1 Å². The van der Waals surface area contributed by atoms with E-state index in [2.05, 4.69) is 42.6 Å². The third kappa shape index (κ3) is 2.58. The minimum atomic E-state index is 0.344. The molecule has 1 aromatic rings. The monoisotopic (exact) mass is 204 g/mol. The van der Waals surface area contributed by atoms with Gasteiger partial charge in [-0.3, -0.25) is 0 Å². The largest absolute Gasteiger partial charge is 0.326 e. The second-order valence-electron chi connectivity index (χ2n) is 4.50. The van der Waals surface area contributed by atoms with Crippen LogP contribution in [0, 0.1) is 0 Å². The van der Waals surface area contributed by atoms with E-state index in [9.17, 15) is 0 Å². The van der Waals surface area contributed by atoms with Gasteiger partial charge in [-0.1, -0.05) is 36.8 Å². The molecule has 0 heterocycles. The minimum absolute atomic E-state index is 0.344. The van der Waals surface area contributed by atoms with Gasteiger partial charge in [-0.15, -0.1) is 0 Å². The lowest BCUT2D eigenvalue weighted by molar-refractivity contribution is 0.427. The Kier molecular flexibility index (Phi) is 3.39. The molecule has 0 spiro atoms. The topological polar surface area (TPSA) is 38.0 Å². The maximum Gasteiger partial charge on any atom is 0.0294 e. The van der Waals surface area contributed by atoms with Crippen LogP contribution in [0.3, 0.4) is 0 Å². The highest BCUT2D eigenvalue weighted by Crippen LogP contribution is 2.21. The average Bonchev–Trinajstić information content (AvgIpc) is 2.66. The summed E-state index contributed by atoms with van der Waals surface area (Å²) in [6, 6.07) is 11.8. The van der Waals surface area contributed by atoms with Gasteiger partial charge >= 0.3 is 0 Å².